The SMILES string of the molecule is CNCc1cc2cc(CNCC3CCC3)c(F)cc2nc1C. The quantitative estimate of drug-likeness (QED) is 0.859. The van der Waals surface area contributed by atoms with E-state index in [2.05, 4.69) is 21.7 Å². The summed E-state index contributed by atoms with van der Waals surface area (Å²) in [5, 5.41) is 7.55. The van der Waals surface area contributed by atoms with Crippen molar-refractivity contribution >= 4 is 10.9 Å². The van der Waals surface area contributed by atoms with Crippen LogP contribution in [0, 0.1) is 18.7 Å². The van der Waals surface area contributed by atoms with E-state index in [9.17, 15) is 4.39 Å². The number of hydrogen-bond donors (Lipinski definition) is 2. The van der Waals surface area contributed by atoms with Crippen molar-refractivity contribution in [1.82, 2.24) is 15.6 Å². The molecule has 0 radical (unpaired) electrons. The number of nitrogens with one attached hydrogen (secondary N) is 2. The Bertz CT molecular complexity index is 665. The zero-order valence-corrected chi connectivity index (χ0v) is 13.4. The summed E-state index contributed by atoms with van der Waals surface area (Å²) in [6.07, 6.45) is 3.96. The van der Waals surface area contributed by atoms with Gasteiger partial charge < -0.3 is 10.6 Å². The first-order valence-corrected chi connectivity index (χ1v) is 8.11. The fourth-order valence-corrected chi connectivity index (χ4v) is 3.00. The highest BCUT2D eigenvalue weighted by Gasteiger charge is 2.16. The standard InChI is InChI=1S/C18H24FN3/c1-12-15(10-20-2)6-14-7-16(17(19)8-18(14)22-12)11-21-9-13-4-3-5-13/h6-8,13,20-21H,3-5,9-11H2,1-2H3. The highest BCUT2D eigenvalue weighted by molar-refractivity contribution is 5.80. The van der Waals surface area contributed by atoms with Crippen LogP contribution in [0.5, 0.6) is 0 Å². The molecule has 118 valence electrons. The van der Waals surface area contributed by atoms with Gasteiger partial charge in [0.1, 0.15) is 5.82 Å². The monoisotopic (exact) mass is 301 g/mol. The third-order valence-corrected chi connectivity index (χ3v) is 4.62. The topological polar surface area (TPSA) is 37.0 Å². The van der Waals surface area contributed by atoms with E-state index in [0.717, 1.165) is 46.7 Å². The Hall–Kier alpha value is -1.52. The van der Waals surface area contributed by atoms with Crippen LogP contribution in [0.2, 0.25) is 0 Å². The third-order valence-electron chi connectivity index (χ3n) is 4.62. The molecule has 1 aliphatic carbocycles. The molecule has 0 unspecified atom stereocenters. The van der Waals surface area contributed by atoms with Crippen molar-refractivity contribution in [2.75, 3.05) is 13.6 Å². The van der Waals surface area contributed by atoms with E-state index in [4.69, 9.17) is 0 Å². The van der Waals surface area contributed by atoms with Crippen LogP contribution in [-0.2, 0) is 13.1 Å². The molecule has 1 heterocycles. The summed E-state index contributed by atoms with van der Waals surface area (Å²) in [7, 11) is 1.92. The molecule has 1 aromatic carbocycles. The van der Waals surface area contributed by atoms with Crippen molar-refractivity contribution < 1.29 is 4.39 Å². The lowest BCUT2D eigenvalue weighted by Gasteiger charge is -2.25. The number of pyridine rings is 1. The van der Waals surface area contributed by atoms with Crippen LogP contribution in [0.15, 0.2) is 18.2 Å². The number of benzene rings is 1. The molecule has 1 aromatic heterocycles. The molecule has 2 aromatic rings. The molecule has 0 bridgehead atoms. The van der Waals surface area contributed by atoms with Gasteiger partial charge in [-0.2, -0.15) is 0 Å². The molecular formula is C18H24FN3. The van der Waals surface area contributed by atoms with Crippen molar-refractivity contribution in [3.63, 3.8) is 0 Å². The average molecular weight is 301 g/mol. The molecule has 2 N–H and O–H groups in total. The number of rotatable bonds is 6. The molecule has 0 atom stereocenters. The van der Waals surface area contributed by atoms with Crippen molar-refractivity contribution in [1.29, 1.82) is 0 Å². The normalized spacial score (nSPS) is 15.2. The number of halogens is 1. The zero-order valence-electron chi connectivity index (χ0n) is 13.4. The average Bonchev–Trinajstić information content (AvgIpc) is 2.44. The van der Waals surface area contributed by atoms with E-state index >= 15 is 0 Å². The van der Waals surface area contributed by atoms with E-state index in [1.807, 2.05) is 20.0 Å². The maximum absolute atomic E-state index is 14.2. The van der Waals surface area contributed by atoms with Gasteiger partial charge in [-0.3, -0.25) is 4.98 Å². The third kappa shape index (κ3) is 3.28. The van der Waals surface area contributed by atoms with E-state index < -0.39 is 0 Å². The first-order valence-electron chi connectivity index (χ1n) is 8.11. The van der Waals surface area contributed by atoms with E-state index in [1.165, 1.54) is 19.3 Å². The molecule has 1 saturated carbocycles. The van der Waals surface area contributed by atoms with Gasteiger partial charge in [0, 0.05) is 35.8 Å². The second-order valence-electron chi connectivity index (χ2n) is 6.33. The molecule has 4 heteroatoms. The van der Waals surface area contributed by atoms with E-state index in [0.29, 0.717) is 6.54 Å². The number of fused-ring (bicyclic) bond motifs is 1. The lowest BCUT2D eigenvalue weighted by molar-refractivity contribution is 0.301. The van der Waals surface area contributed by atoms with Gasteiger partial charge in [0.15, 0.2) is 0 Å². The Kier molecular flexibility index (Phi) is 4.69. The summed E-state index contributed by atoms with van der Waals surface area (Å²) in [6, 6.07) is 5.61. The summed E-state index contributed by atoms with van der Waals surface area (Å²) in [6.45, 7) is 4.33. The largest absolute Gasteiger partial charge is 0.316 e. The van der Waals surface area contributed by atoms with E-state index in [1.54, 1.807) is 6.07 Å². The van der Waals surface area contributed by atoms with Crippen LogP contribution in [0.3, 0.4) is 0 Å². The minimum absolute atomic E-state index is 0.165. The second-order valence-corrected chi connectivity index (χ2v) is 6.33. The van der Waals surface area contributed by atoms with Crippen molar-refractivity contribution in [2.24, 2.45) is 5.92 Å². The molecule has 1 aliphatic rings. The number of aryl methyl sites for hydroxylation is 1. The minimum atomic E-state index is -0.165. The van der Waals surface area contributed by atoms with Crippen molar-refractivity contribution in [3.8, 4) is 0 Å². The summed E-state index contributed by atoms with van der Waals surface area (Å²) < 4.78 is 14.2. The molecule has 3 rings (SSSR count). The smallest absolute Gasteiger partial charge is 0.129 e. The minimum Gasteiger partial charge on any atom is -0.316 e. The predicted molar refractivity (Wildman–Crippen MR) is 88.2 cm³/mol. The Balaban J connectivity index is 1.80. The van der Waals surface area contributed by atoms with Gasteiger partial charge >= 0.3 is 0 Å². The highest BCUT2D eigenvalue weighted by atomic mass is 19.1. The second kappa shape index (κ2) is 6.71. The zero-order chi connectivity index (χ0) is 15.5. The van der Waals surface area contributed by atoms with Gasteiger partial charge in [-0.05, 0) is 57.0 Å². The first-order chi connectivity index (χ1) is 10.7. The van der Waals surface area contributed by atoms with Crippen LogP contribution >= 0.6 is 0 Å². The van der Waals surface area contributed by atoms with Gasteiger partial charge in [-0.25, -0.2) is 4.39 Å². The number of aromatic nitrogens is 1. The number of hydrogen-bond acceptors (Lipinski definition) is 3. The fraction of sp³-hybridized carbons (Fsp3) is 0.500. The molecule has 0 spiro atoms. The number of nitrogens with zero attached hydrogens (tertiary/aromatic N) is 1. The van der Waals surface area contributed by atoms with Crippen LogP contribution in [0.1, 0.15) is 36.1 Å². The van der Waals surface area contributed by atoms with Gasteiger partial charge in [-0.15, -0.1) is 0 Å². The van der Waals surface area contributed by atoms with E-state index in [-0.39, 0.29) is 5.82 Å². The Morgan fingerprint density at radius 3 is 2.64 bits per heavy atom. The maximum atomic E-state index is 14.2. The van der Waals surface area contributed by atoms with Crippen LogP contribution in [-0.4, -0.2) is 18.6 Å². The van der Waals surface area contributed by atoms with Gasteiger partial charge in [0.25, 0.3) is 0 Å². The molecule has 0 saturated heterocycles. The van der Waals surface area contributed by atoms with Gasteiger partial charge in [-0.1, -0.05) is 6.42 Å². The fourth-order valence-electron chi connectivity index (χ4n) is 3.00. The molecule has 22 heavy (non-hydrogen) atoms. The van der Waals surface area contributed by atoms with Crippen molar-refractivity contribution in [2.45, 2.75) is 39.3 Å². The summed E-state index contributed by atoms with van der Waals surface area (Å²) in [5.74, 6) is 0.622. The van der Waals surface area contributed by atoms with Gasteiger partial charge in [0.2, 0.25) is 0 Å². The Morgan fingerprint density at radius 2 is 1.95 bits per heavy atom. The highest BCUT2D eigenvalue weighted by Crippen LogP contribution is 2.25. The molecule has 0 aliphatic heterocycles. The summed E-state index contributed by atoms with van der Waals surface area (Å²) in [4.78, 5) is 4.53. The lowest BCUT2D eigenvalue weighted by Crippen LogP contribution is -2.27. The van der Waals surface area contributed by atoms with Crippen LogP contribution < -0.4 is 10.6 Å². The molecular weight excluding hydrogens is 277 g/mol. The van der Waals surface area contributed by atoms with Gasteiger partial charge in [0.05, 0.1) is 5.52 Å². The molecule has 0 amide bonds. The Morgan fingerprint density at radius 1 is 1.18 bits per heavy atom. The first kappa shape index (κ1) is 15.4. The van der Waals surface area contributed by atoms with Crippen LogP contribution in [0.25, 0.3) is 10.9 Å². The maximum Gasteiger partial charge on any atom is 0.129 e. The molecule has 1 fully saturated rings. The van der Waals surface area contributed by atoms with Crippen molar-refractivity contribution in [3.05, 3.63) is 40.8 Å². The summed E-state index contributed by atoms with van der Waals surface area (Å²) in [5.41, 5.74) is 3.58. The molecule has 3 nitrogen and oxygen atoms in total. The Labute approximate surface area is 131 Å². The predicted octanol–water partition coefficient (Wildman–Crippen LogP) is 3.29. The summed E-state index contributed by atoms with van der Waals surface area (Å²) >= 11 is 0. The van der Waals surface area contributed by atoms with Crippen LogP contribution in [0.4, 0.5) is 4.39 Å². The lowest BCUT2D eigenvalue weighted by atomic mass is 9.85.